The molecule has 0 aliphatic heterocycles. The first-order valence-corrected chi connectivity index (χ1v) is 8.97. The fourth-order valence-electron chi connectivity index (χ4n) is 2.39. The number of likely N-dealkylation sites (N-methyl/N-ethyl adjacent to an activating group) is 1. The van der Waals surface area contributed by atoms with E-state index in [0.717, 1.165) is 5.56 Å². The summed E-state index contributed by atoms with van der Waals surface area (Å²) in [6, 6.07) is 10.8. The SMILES string of the molecule is CNC(C)C(=O)Nc1cc(Cl)c(-c2cncnc2)c(C#Cc2ccccc2)n1. The number of carbonyl (C=O) groups excluding carboxylic acids is 1. The molecule has 1 aromatic carbocycles. The Morgan fingerprint density at radius 2 is 1.86 bits per heavy atom. The number of hydrogen-bond donors (Lipinski definition) is 2. The van der Waals surface area contributed by atoms with Crippen LogP contribution in [0, 0.1) is 11.8 Å². The fourth-order valence-corrected chi connectivity index (χ4v) is 2.69. The zero-order valence-corrected chi connectivity index (χ0v) is 16.2. The average molecular weight is 392 g/mol. The van der Waals surface area contributed by atoms with Gasteiger partial charge >= 0.3 is 0 Å². The lowest BCUT2D eigenvalue weighted by atomic mass is 10.1. The Morgan fingerprint density at radius 1 is 1.14 bits per heavy atom. The monoisotopic (exact) mass is 391 g/mol. The first-order valence-electron chi connectivity index (χ1n) is 8.59. The molecule has 2 heterocycles. The smallest absolute Gasteiger partial charge is 0.242 e. The van der Waals surface area contributed by atoms with E-state index in [0.29, 0.717) is 27.7 Å². The Bertz CT molecular complexity index is 1030. The maximum Gasteiger partial charge on any atom is 0.242 e. The molecule has 2 aromatic heterocycles. The van der Waals surface area contributed by atoms with Gasteiger partial charge in [-0.05, 0) is 32.0 Å². The molecule has 0 saturated carbocycles. The average Bonchev–Trinajstić information content (AvgIpc) is 2.72. The van der Waals surface area contributed by atoms with Crippen LogP contribution in [-0.2, 0) is 4.79 Å². The van der Waals surface area contributed by atoms with E-state index in [-0.39, 0.29) is 11.9 Å². The van der Waals surface area contributed by atoms with Gasteiger partial charge in [-0.3, -0.25) is 4.79 Å². The molecule has 1 atom stereocenters. The van der Waals surface area contributed by atoms with E-state index in [9.17, 15) is 4.79 Å². The zero-order chi connectivity index (χ0) is 19.9. The van der Waals surface area contributed by atoms with Gasteiger partial charge in [0.25, 0.3) is 0 Å². The third kappa shape index (κ3) is 4.71. The number of hydrogen-bond acceptors (Lipinski definition) is 5. The highest BCUT2D eigenvalue weighted by atomic mass is 35.5. The van der Waals surface area contributed by atoms with Crippen LogP contribution >= 0.6 is 11.6 Å². The van der Waals surface area contributed by atoms with Crippen LogP contribution in [0.25, 0.3) is 11.1 Å². The number of halogens is 1. The minimum Gasteiger partial charge on any atom is -0.309 e. The van der Waals surface area contributed by atoms with Crippen LogP contribution in [0.5, 0.6) is 0 Å². The lowest BCUT2D eigenvalue weighted by Gasteiger charge is -2.13. The van der Waals surface area contributed by atoms with Gasteiger partial charge in [-0.1, -0.05) is 35.7 Å². The van der Waals surface area contributed by atoms with Gasteiger partial charge in [-0.2, -0.15) is 0 Å². The van der Waals surface area contributed by atoms with Crippen molar-refractivity contribution >= 4 is 23.3 Å². The molecular weight excluding hydrogens is 374 g/mol. The summed E-state index contributed by atoms with van der Waals surface area (Å²) in [6.07, 6.45) is 4.73. The number of benzene rings is 1. The molecule has 3 aromatic rings. The maximum absolute atomic E-state index is 12.2. The largest absolute Gasteiger partial charge is 0.309 e. The summed E-state index contributed by atoms with van der Waals surface area (Å²) in [7, 11) is 1.71. The molecule has 28 heavy (non-hydrogen) atoms. The molecule has 0 spiro atoms. The summed E-state index contributed by atoms with van der Waals surface area (Å²) in [5, 5.41) is 6.03. The second-order valence-electron chi connectivity index (χ2n) is 5.96. The van der Waals surface area contributed by atoms with E-state index in [1.165, 1.54) is 6.33 Å². The maximum atomic E-state index is 12.2. The van der Waals surface area contributed by atoms with Crippen LogP contribution < -0.4 is 10.6 Å². The van der Waals surface area contributed by atoms with Crippen molar-refractivity contribution in [3.05, 3.63) is 71.4 Å². The number of nitrogens with zero attached hydrogens (tertiary/aromatic N) is 3. The van der Waals surface area contributed by atoms with Crippen LogP contribution in [0.4, 0.5) is 5.82 Å². The highest BCUT2D eigenvalue weighted by molar-refractivity contribution is 6.33. The highest BCUT2D eigenvalue weighted by Gasteiger charge is 2.16. The lowest BCUT2D eigenvalue weighted by Crippen LogP contribution is -2.35. The van der Waals surface area contributed by atoms with E-state index in [4.69, 9.17) is 11.6 Å². The van der Waals surface area contributed by atoms with Crippen LogP contribution in [-0.4, -0.2) is 33.9 Å². The summed E-state index contributed by atoms with van der Waals surface area (Å²) in [5.41, 5.74) is 2.58. The first-order chi connectivity index (χ1) is 13.6. The molecule has 2 N–H and O–H groups in total. The third-order valence-electron chi connectivity index (χ3n) is 4.00. The highest BCUT2D eigenvalue weighted by Crippen LogP contribution is 2.31. The number of rotatable bonds is 4. The van der Waals surface area contributed by atoms with Gasteiger partial charge in [-0.25, -0.2) is 15.0 Å². The Kier molecular flexibility index (Phi) is 6.33. The van der Waals surface area contributed by atoms with Gasteiger partial charge in [0, 0.05) is 35.2 Å². The van der Waals surface area contributed by atoms with Crippen LogP contribution in [0.1, 0.15) is 18.2 Å². The molecule has 1 unspecified atom stereocenters. The molecule has 0 aliphatic carbocycles. The Hall–Kier alpha value is -3.27. The van der Waals surface area contributed by atoms with Crippen molar-refractivity contribution in [2.75, 3.05) is 12.4 Å². The van der Waals surface area contributed by atoms with Crippen LogP contribution in [0.3, 0.4) is 0 Å². The standard InChI is InChI=1S/C21H18ClN5O/c1-14(23-2)21(28)27-19-10-17(22)20(16-11-24-13-25-12-16)18(26-19)9-8-15-6-4-3-5-7-15/h3-7,10-14,23H,1-2H3,(H,26,27,28). The molecule has 7 heteroatoms. The third-order valence-corrected chi connectivity index (χ3v) is 4.30. The predicted molar refractivity (Wildman–Crippen MR) is 110 cm³/mol. The lowest BCUT2D eigenvalue weighted by molar-refractivity contribution is -0.117. The second kappa shape index (κ2) is 9.09. The summed E-state index contributed by atoms with van der Waals surface area (Å²) < 4.78 is 0. The summed E-state index contributed by atoms with van der Waals surface area (Å²) >= 11 is 6.52. The van der Waals surface area contributed by atoms with E-state index < -0.39 is 0 Å². The molecule has 6 nitrogen and oxygen atoms in total. The van der Waals surface area contributed by atoms with E-state index in [2.05, 4.69) is 37.4 Å². The van der Waals surface area contributed by atoms with Gasteiger partial charge in [-0.15, -0.1) is 0 Å². The molecule has 3 rings (SSSR count). The number of carbonyl (C=O) groups is 1. The van der Waals surface area contributed by atoms with Gasteiger partial charge < -0.3 is 10.6 Å². The first kappa shape index (κ1) is 19.5. The number of amides is 1. The number of nitrogens with one attached hydrogen (secondary N) is 2. The van der Waals surface area contributed by atoms with Gasteiger partial charge in [0.2, 0.25) is 5.91 Å². The van der Waals surface area contributed by atoms with Crippen molar-refractivity contribution in [1.82, 2.24) is 20.3 Å². The van der Waals surface area contributed by atoms with Crippen molar-refractivity contribution in [3.63, 3.8) is 0 Å². The summed E-state index contributed by atoms with van der Waals surface area (Å²) in [6.45, 7) is 1.75. The fraction of sp³-hybridized carbons (Fsp3) is 0.143. The van der Waals surface area contributed by atoms with Crippen LogP contribution in [0.2, 0.25) is 5.02 Å². The molecule has 0 bridgehead atoms. The molecule has 0 saturated heterocycles. The molecule has 1 amide bonds. The van der Waals surface area contributed by atoms with Crippen molar-refractivity contribution in [2.24, 2.45) is 0 Å². The normalized spacial score (nSPS) is 11.2. The molecule has 0 aliphatic rings. The van der Waals surface area contributed by atoms with E-state index in [1.54, 1.807) is 32.4 Å². The Labute approximate surface area is 168 Å². The van der Waals surface area contributed by atoms with E-state index in [1.807, 2.05) is 30.3 Å². The van der Waals surface area contributed by atoms with Crippen molar-refractivity contribution in [2.45, 2.75) is 13.0 Å². The summed E-state index contributed by atoms with van der Waals surface area (Å²) in [5.74, 6) is 6.24. The van der Waals surface area contributed by atoms with Crippen molar-refractivity contribution in [3.8, 4) is 23.0 Å². The number of anilines is 1. The minimum atomic E-state index is -0.373. The van der Waals surface area contributed by atoms with Gasteiger partial charge in [0.1, 0.15) is 17.8 Å². The van der Waals surface area contributed by atoms with Gasteiger partial charge in [0.15, 0.2) is 0 Å². The van der Waals surface area contributed by atoms with E-state index >= 15 is 0 Å². The quantitative estimate of drug-likeness (QED) is 0.668. The van der Waals surface area contributed by atoms with Crippen molar-refractivity contribution < 1.29 is 4.79 Å². The minimum absolute atomic E-state index is 0.219. The van der Waals surface area contributed by atoms with Gasteiger partial charge in [0.05, 0.1) is 11.1 Å². The summed E-state index contributed by atoms with van der Waals surface area (Å²) in [4.78, 5) is 24.8. The number of pyridine rings is 1. The predicted octanol–water partition coefficient (Wildman–Crippen LogP) is 3.14. The Morgan fingerprint density at radius 3 is 2.54 bits per heavy atom. The van der Waals surface area contributed by atoms with Crippen molar-refractivity contribution in [1.29, 1.82) is 0 Å². The molecule has 0 radical (unpaired) electrons. The molecule has 140 valence electrons. The zero-order valence-electron chi connectivity index (χ0n) is 15.4. The second-order valence-corrected chi connectivity index (χ2v) is 6.36. The molecular formula is C21H18ClN5O. The Balaban J connectivity index is 2.07. The van der Waals surface area contributed by atoms with Crippen LogP contribution in [0.15, 0.2) is 55.1 Å². The molecule has 0 fully saturated rings. The topological polar surface area (TPSA) is 79.8 Å². The number of aromatic nitrogens is 3.